The van der Waals surface area contributed by atoms with E-state index in [4.69, 9.17) is 4.74 Å². The van der Waals surface area contributed by atoms with Crippen molar-refractivity contribution in [2.45, 2.75) is 25.0 Å². The summed E-state index contributed by atoms with van der Waals surface area (Å²) in [6.07, 6.45) is 0.488. The Morgan fingerprint density at radius 2 is 1.94 bits per heavy atom. The number of nitrogens with zero attached hydrogens (tertiary/aromatic N) is 1. The number of amides is 1. The van der Waals surface area contributed by atoms with E-state index in [1.165, 1.54) is 0 Å². The monoisotopic (exact) mass is 249 g/mol. The van der Waals surface area contributed by atoms with Gasteiger partial charge in [0.2, 0.25) is 0 Å². The third-order valence-electron chi connectivity index (χ3n) is 3.34. The molecule has 4 nitrogen and oxygen atoms in total. The molecule has 0 spiro atoms. The van der Waals surface area contributed by atoms with Crippen LogP contribution in [0.25, 0.3) is 0 Å². The lowest BCUT2D eigenvalue weighted by Crippen LogP contribution is -2.42. The van der Waals surface area contributed by atoms with Gasteiger partial charge >= 0.3 is 0 Å². The molecule has 1 saturated heterocycles. The Kier molecular flexibility index (Phi) is 4.33. The van der Waals surface area contributed by atoms with E-state index in [1.807, 2.05) is 30.3 Å². The highest BCUT2D eigenvalue weighted by molar-refractivity contribution is 5.82. The molecular weight excluding hydrogens is 230 g/mol. The molecule has 1 aromatic carbocycles. The lowest BCUT2D eigenvalue weighted by Gasteiger charge is -2.32. The van der Waals surface area contributed by atoms with Crippen molar-refractivity contribution < 1.29 is 14.6 Å². The molecule has 1 atom stereocenters. The van der Waals surface area contributed by atoms with Crippen LogP contribution < -0.4 is 0 Å². The summed E-state index contributed by atoms with van der Waals surface area (Å²) in [6, 6.07) is 9.50. The molecule has 1 aliphatic rings. The maximum atomic E-state index is 12.4. The van der Waals surface area contributed by atoms with Crippen LogP contribution in [0.5, 0.6) is 0 Å². The smallest absolute Gasteiger partial charge is 0.256 e. The molecule has 98 valence electrons. The average Bonchev–Trinajstić information content (AvgIpc) is 2.41. The highest BCUT2D eigenvalue weighted by Crippen LogP contribution is 2.21. The van der Waals surface area contributed by atoms with Gasteiger partial charge in [-0.3, -0.25) is 4.79 Å². The Morgan fingerprint density at radius 3 is 2.50 bits per heavy atom. The molecular formula is C14H19NO3. The number of hydrogen-bond donors (Lipinski definition) is 1. The number of benzene rings is 1. The predicted octanol–water partition coefficient (Wildman–Crippen LogP) is 1.36. The zero-order valence-corrected chi connectivity index (χ0v) is 10.6. The molecule has 1 fully saturated rings. The fraction of sp³-hybridized carbons (Fsp3) is 0.500. The number of carbonyl (C=O) groups excluding carboxylic acids is 1. The van der Waals surface area contributed by atoms with Gasteiger partial charge in [0.05, 0.1) is 6.10 Å². The summed E-state index contributed by atoms with van der Waals surface area (Å²) in [5, 5.41) is 9.45. The number of methoxy groups -OCH3 is 1. The average molecular weight is 249 g/mol. The number of aliphatic hydroxyl groups excluding tert-OH is 1. The van der Waals surface area contributed by atoms with Gasteiger partial charge in [0.1, 0.15) is 0 Å². The zero-order valence-electron chi connectivity index (χ0n) is 10.6. The molecule has 1 N–H and O–H groups in total. The van der Waals surface area contributed by atoms with Gasteiger partial charge in [-0.2, -0.15) is 0 Å². The van der Waals surface area contributed by atoms with E-state index in [1.54, 1.807) is 12.0 Å². The number of aliphatic hydroxyl groups is 1. The molecule has 0 aromatic heterocycles. The Labute approximate surface area is 107 Å². The van der Waals surface area contributed by atoms with Gasteiger partial charge in [-0.25, -0.2) is 0 Å². The largest absolute Gasteiger partial charge is 0.393 e. The van der Waals surface area contributed by atoms with Crippen molar-refractivity contribution in [3.8, 4) is 0 Å². The molecule has 0 bridgehead atoms. The van der Waals surface area contributed by atoms with Crippen LogP contribution in [-0.2, 0) is 9.53 Å². The van der Waals surface area contributed by atoms with E-state index in [0.717, 1.165) is 5.56 Å². The second kappa shape index (κ2) is 5.98. The fourth-order valence-corrected chi connectivity index (χ4v) is 2.26. The lowest BCUT2D eigenvalue weighted by atomic mass is 10.0. The molecule has 0 aliphatic carbocycles. The number of hydrogen-bond acceptors (Lipinski definition) is 3. The summed E-state index contributed by atoms with van der Waals surface area (Å²) in [5.41, 5.74) is 0.871. The molecule has 2 rings (SSSR count). The van der Waals surface area contributed by atoms with Crippen molar-refractivity contribution in [2.24, 2.45) is 0 Å². The maximum absolute atomic E-state index is 12.4. The maximum Gasteiger partial charge on any atom is 0.256 e. The van der Waals surface area contributed by atoms with E-state index in [9.17, 15) is 9.90 Å². The highest BCUT2D eigenvalue weighted by atomic mass is 16.5. The van der Waals surface area contributed by atoms with Crippen LogP contribution in [0.3, 0.4) is 0 Å². The first-order valence-corrected chi connectivity index (χ1v) is 6.27. The van der Waals surface area contributed by atoms with Crippen molar-refractivity contribution in [3.05, 3.63) is 35.9 Å². The standard InChI is InChI=1S/C14H19NO3/c1-18-13(11-5-3-2-4-6-11)14(17)15-9-7-12(16)8-10-15/h2-6,12-13,16H,7-10H2,1H3/t13-/m1/s1. The SMILES string of the molecule is CO[C@@H](C(=O)N1CCC(O)CC1)c1ccccc1. The number of likely N-dealkylation sites (tertiary alicyclic amines) is 1. The fourth-order valence-electron chi connectivity index (χ4n) is 2.26. The van der Waals surface area contributed by atoms with Gasteiger partial charge < -0.3 is 14.7 Å². The van der Waals surface area contributed by atoms with Gasteiger partial charge in [-0.05, 0) is 18.4 Å². The first-order chi connectivity index (χ1) is 8.72. The van der Waals surface area contributed by atoms with Crippen LogP contribution in [0, 0.1) is 0 Å². The third-order valence-corrected chi connectivity index (χ3v) is 3.34. The third kappa shape index (κ3) is 2.89. The Morgan fingerprint density at radius 1 is 1.33 bits per heavy atom. The van der Waals surface area contributed by atoms with Crippen LogP contribution in [-0.4, -0.2) is 42.2 Å². The summed E-state index contributed by atoms with van der Waals surface area (Å²) >= 11 is 0. The van der Waals surface area contributed by atoms with E-state index in [-0.39, 0.29) is 12.0 Å². The molecule has 1 heterocycles. The molecule has 18 heavy (non-hydrogen) atoms. The quantitative estimate of drug-likeness (QED) is 0.880. The van der Waals surface area contributed by atoms with Crippen molar-refractivity contribution in [2.75, 3.05) is 20.2 Å². The number of ether oxygens (including phenoxy) is 1. The minimum absolute atomic E-state index is 0.0180. The van der Waals surface area contributed by atoms with E-state index < -0.39 is 6.10 Å². The topological polar surface area (TPSA) is 49.8 Å². The minimum atomic E-state index is -0.540. The van der Waals surface area contributed by atoms with Crippen molar-refractivity contribution in [1.82, 2.24) is 4.90 Å². The van der Waals surface area contributed by atoms with Crippen LogP contribution in [0.1, 0.15) is 24.5 Å². The molecule has 1 aromatic rings. The summed E-state index contributed by atoms with van der Waals surface area (Å²) in [6.45, 7) is 1.21. The Balaban J connectivity index is 2.06. The summed E-state index contributed by atoms with van der Waals surface area (Å²) < 4.78 is 5.32. The number of carbonyl (C=O) groups is 1. The number of rotatable bonds is 3. The van der Waals surface area contributed by atoms with Gasteiger partial charge in [-0.15, -0.1) is 0 Å². The second-order valence-electron chi connectivity index (χ2n) is 4.58. The summed E-state index contributed by atoms with van der Waals surface area (Å²) in [4.78, 5) is 14.1. The second-order valence-corrected chi connectivity index (χ2v) is 4.58. The highest BCUT2D eigenvalue weighted by Gasteiger charge is 2.28. The van der Waals surface area contributed by atoms with Crippen molar-refractivity contribution in [3.63, 3.8) is 0 Å². The molecule has 0 radical (unpaired) electrons. The molecule has 0 unspecified atom stereocenters. The van der Waals surface area contributed by atoms with Crippen LogP contribution in [0.4, 0.5) is 0 Å². The van der Waals surface area contributed by atoms with Gasteiger partial charge in [0, 0.05) is 20.2 Å². The molecule has 1 aliphatic heterocycles. The first-order valence-electron chi connectivity index (χ1n) is 6.27. The Bertz CT molecular complexity index is 385. The summed E-state index contributed by atoms with van der Waals surface area (Å²) in [5.74, 6) is -0.0180. The van der Waals surface area contributed by atoms with Gasteiger partial charge in [-0.1, -0.05) is 30.3 Å². The zero-order chi connectivity index (χ0) is 13.0. The summed E-state index contributed by atoms with van der Waals surface area (Å²) in [7, 11) is 1.55. The molecule has 1 amide bonds. The molecule has 4 heteroatoms. The lowest BCUT2D eigenvalue weighted by molar-refractivity contribution is -0.144. The van der Waals surface area contributed by atoms with Crippen LogP contribution in [0.2, 0.25) is 0 Å². The van der Waals surface area contributed by atoms with Crippen molar-refractivity contribution >= 4 is 5.91 Å². The van der Waals surface area contributed by atoms with E-state index in [0.29, 0.717) is 25.9 Å². The normalized spacial score (nSPS) is 18.7. The predicted molar refractivity (Wildman–Crippen MR) is 68.0 cm³/mol. The molecule has 0 saturated carbocycles. The number of piperidine rings is 1. The van der Waals surface area contributed by atoms with Crippen LogP contribution in [0.15, 0.2) is 30.3 Å². The Hall–Kier alpha value is -1.39. The first kappa shape index (κ1) is 13.1. The van der Waals surface area contributed by atoms with Gasteiger partial charge in [0.15, 0.2) is 6.10 Å². The minimum Gasteiger partial charge on any atom is -0.393 e. The van der Waals surface area contributed by atoms with E-state index >= 15 is 0 Å². The van der Waals surface area contributed by atoms with E-state index in [2.05, 4.69) is 0 Å². The van der Waals surface area contributed by atoms with Gasteiger partial charge in [0.25, 0.3) is 5.91 Å². The van der Waals surface area contributed by atoms with Crippen LogP contribution >= 0.6 is 0 Å². The van der Waals surface area contributed by atoms with Crippen molar-refractivity contribution in [1.29, 1.82) is 0 Å².